The van der Waals surface area contributed by atoms with Gasteiger partial charge in [0, 0.05) is 24.8 Å². The number of hydrogen-bond donors (Lipinski definition) is 1. The number of rotatable bonds is 8. The first-order valence-electron chi connectivity index (χ1n) is 6.35. The van der Waals surface area contributed by atoms with E-state index in [9.17, 15) is 8.42 Å². The van der Waals surface area contributed by atoms with Gasteiger partial charge in [0.25, 0.3) is 0 Å². The third kappa shape index (κ3) is 5.97. The minimum absolute atomic E-state index is 0.00485. The number of halogens is 2. The molecule has 0 unspecified atom stereocenters. The van der Waals surface area contributed by atoms with Gasteiger partial charge in [-0.2, -0.15) is 0 Å². The smallest absolute Gasteiger partial charge is 0.242 e. The fourth-order valence-electron chi connectivity index (χ4n) is 1.46. The predicted molar refractivity (Wildman–Crippen MR) is 81.9 cm³/mol. The van der Waals surface area contributed by atoms with Gasteiger partial charge in [0.1, 0.15) is 4.90 Å². The molecular weight excluding hydrogens is 321 g/mol. The molecule has 1 aromatic rings. The van der Waals surface area contributed by atoms with Crippen LogP contribution < -0.4 is 4.72 Å². The summed E-state index contributed by atoms with van der Waals surface area (Å²) in [5, 5.41) is 0.480. The maximum atomic E-state index is 12.1. The summed E-state index contributed by atoms with van der Waals surface area (Å²) in [5.41, 5.74) is 0. The van der Waals surface area contributed by atoms with Gasteiger partial charge < -0.3 is 4.74 Å². The molecule has 114 valence electrons. The molecule has 0 radical (unpaired) electrons. The van der Waals surface area contributed by atoms with Crippen LogP contribution in [0.5, 0.6) is 0 Å². The van der Waals surface area contributed by atoms with E-state index in [0.29, 0.717) is 37.1 Å². The Bertz CT molecular complexity index is 532. The minimum Gasteiger partial charge on any atom is -0.381 e. The average Bonchev–Trinajstić information content (AvgIpc) is 2.36. The standard InChI is InChI=1S/C13H19Cl2NO3S/c1-10(2)9-19-7-3-6-16-20(17,18)13-8-11(14)4-5-12(13)15/h4-5,8,10,16H,3,6-7,9H2,1-2H3. The van der Waals surface area contributed by atoms with Crippen molar-refractivity contribution in [2.75, 3.05) is 19.8 Å². The second-order valence-electron chi connectivity index (χ2n) is 4.79. The van der Waals surface area contributed by atoms with Crippen molar-refractivity contribution in [1.82, 2.24) is 4.72 Å². The molecule has 0 heterocycles. The molecule has 0 aliphatic rings. The SMILES string of the molecule is CC(C)COCCCNS(=O)(=O)c1cc(Cl)ccc1Cl. The number of hydrogen-bond acceptors (Lipinski definition) is 3. The molecule has 0 saturated carbocycles. The van der Waals surface area contributed by atoms with Crippen LogP contribution >= 0.6 is 23.2 Å². The number of benzene rings is 1. The van der Waals surface area contributed by atoms with Gasteiger partial charge >= 0.3 is 0 Å². The molecule has 0 atom stereocenters. The summed E-state index contributed by atoms with van der Waals surface area (Å²) in [7, 11) is -3.64. The van der Waals surface area contributed by atoms with Crippen LogP contribution in [-0.2, 0) is 14.8 Å². The molecule has 0 amide bonds. The Hall–Kier alpha value is -0.330. The van der Waals surface area contributed by atoms with Gasteiger partial charge in [0.05, 0.1) is 5.02 Å². The fourth-order valence-corrected chi connectivity index (χ4v) is 3.30. The molecule has 20 heavy (non-hydrogen) atoms. The van der Waals surface area contributed by atoms with Crippen LogP contribution in [-0.4, -0.2) is 28.2 Å². The third-order valence-corrected chi connectivity index (χ3v) is 4.57. The summed E-state index contributed by atoms with van der Waals surface area (Å²) in [6.45, 7) is 5.60. The molecular formula is C13H19Cl2NO3S. The Labute approximate surface area is 130 Å². The monoisotopic (exact) mass is 339 g/mol. The van der Waals surface area contributed by atoms with Gasteiger partial charge in [-0.15, -0.1) is 0 Å². The maximum Gasteiger partial charge on any atom is 0.242 e. The van der Waals surface area contributed by atoms with Crippen molar-refractivity contribution in [2.24, 2.45) is 5.92 Å². The molecule has 0 aliphatic carbocycles. The minimum atomic E-state index is -3.64. The number of ether oxygens (including phenoxy) is 1. The van der Waals surface area contributed by atoms with Crippen molar-refractivity contribution >= 4 is 33.2 Å². The van der Waals surface area contributed by atoms with Crippen LogP contribution in [0.25, 0.3) is 0 Å². The van der Waals surface area contributed by atoms with Gasteiger partial charge in [0.2, 0.25) is 10.0 Å². The topological polar surface area (TPSA) is 55.4 Å². The van der Waals surface area contributed by atoms with Gasteiger partial charge in [-0.25, -0.2) is 13.1 Å². The van der Waals surface area contributed by atoms with E-state index < -0.39 is 10.0 Å². The fraction of sp³-hybridized carbons (Fsp3) is 0.538. The second-order valence-corrected chi connectivity index (χ2v) is 7.37. The van der Waals surface area contributed by atoms with E-state index in [-0.39, 0.29) is 9.92 Å². The summed E-state index contributed by atoms with van der Waals surface area (Å²) in [6, 6.07) is 4.34. The lowest BCUT2D eigenvalue weighted by molar-refractivity contribution is 0.108. The van der Waals surface area contributed by atoms with Gasteiger partial charge in [-0.3, -0.25) is 0 Å². The normalized spacial score (nSPS) is 12.1. The second kappa shape index (κ2) is 8.20. The first kappa shape index (κ1) is 17.7. The Morgan fingerprint density at radius 3 is 2.65 bits per heavy atom. The van der Waals surface area contributed by atoms with E-state index in [4.69, 9.17) is 27.9 Å². The molecule has 0 bridgehead atoms. The molecule has 7 heteroatoms. The zero-order chi connectivity index (χ0) is 15.2. The quantitative estimate of drug-likeness (QED) is 0.739. The maximum absolute atomic E-state index is 12.1. The van der Waals surface area contributed by atoms with Crippen molar-refractivity contribution in [3.05, 3.63) is 28.2 Å². The molecule has 0 aliphatic heterocycles. The van der Waals surface area contributed by atoms with Gasteiger partial charge in [-0.05, 0) is 30.5 Å². The predicted octanol–water partition coefficient (Wildman–Crippen LogP) is 3.33. The average molecular weight is 340 g/mol. The van der Waals surface area contributed by atoms with Crippen molar-refractivity contribution in [2.45, 2.75) is 25.2 Å². The molecule has 1 N–H and O–H groups in total. The van der Waals surface area contributed by atoms with Crippen molar-refractivity contribution in [3.63, 3.8) is 0 Å². The first-order valence-corrected chi connectivity index (χ1v) is 8.59. The van der Waals surface area contributed by atoms with Crippen molar-refractivity contribution < 1.29 is 13.2 Å². The Morgan fingerprint density at radius 2 is 2.00 bits per heavy atom. The lowest BCUT2D eigenvalue weighted by Gasteiger charge is -2.09. The Morgan fingerprint density at radius 1 is 1.30 bits per heavy atom. The highest BCUT2D eigenvalue weighted by Crippen LogP contribution is 2.24. The zero-order valence-electron chi connectivity index (χ0n) is 11.5. The number of nitrogens with one attached hydrogen (secondary N) is 1. The van der Waals surface area contributed by atoms with Crippen molar-refractivity contribution in [3.8, 4) is 0 Å². The molecule has 0 aromatic heterocycles. The molecule has 0 spiro atoms. The Kier molecular flexibility index (Phi) is 7.26. The van der Waals surface area contributed by atoms with Crippen LogP contribution in [0.4, 0.5) is 0 Å². The van der Waals surface area contributed by atoms with E-state index >= 15 is 0 Å². The third-order valence-electron chi connectivity index (χ3n) is 2.39. The van der Waals surface area contributed by atoms with Gasteiger partial charge in [-0.1, -0.05) is 37.0 Å². The van der Waals surface area contributed by atoms with E-state index in [0.717, 1.165) is 0 Å². The van der Waals surface area contributed by atoms with Crippen LogP contribution in [0, 0.1) is 5.92 Å². The van der Waals surface area contributed by atoms with E-state index in [1.165, 1.54) is 12.1 Å². The molecule has 4 nitrogen and oxygen atoms in total. The van der Waals surface area contributed by atoms with E-state index in [2.05, 4.69) is 18.6 Å². The van der Waals surface area contributed by atoms with Crippen LogP contribution in [0.2, 0.25) is 10.0 Å². The van der Waals surface area contributed by atoms with E-state index in [1.807, 2.05) is 0 Å². The highest BCUT2D eigenvalue weighted by Gasteiger charge is 2.17. The lowest BCUT2D eigenvalue weighted by atomic mass is 10.2. The number of sulfonamides is 1. The molecule has 0 fully saturated rings. The van der Waals surface area contributed by atoms with Crippen LogP contribution in [0.15, 0.2) is 23.1 Å². The summed E-state index contributed by atoms with van der Waals surface area (Å²) in [4.78, 5) is -0.00485. The first-order chi connectivity index (χ1) is 9.33. The van der Waals surface area contributed by atoms with Crippen LogP contribution in [0.3, 0.4) is 0 Å². The highest BCUT2D eigenvalue weighted by molar-refractivity contribution is 7.89. The van der Waals surface area contributed by atoms with Crippen LogP contribution in [0.1, 0.15) is 20.3 Å². The summed E-state index contributed by atoms with van der Waals surface area (Å²) in [5.74, 6) is 0.469. The summed E-state index contributed by atoms with van der Waals surface area (Å²) < 4.78 is 32.0. The highest BCUT2D eigenvalue weighted by atomic mass is 35.5. The molecule has 1 aromatic carbocycles. The lowest BCUT2D eigenvalue weighted by Crippen LogP contribution is -2.26. The van der Waals surface area contributed by atoms with E-state index in [1.54, 1.807) is 6.07 Å². The van der Waals surface area contributed by atoms with Crippen molar-refractivity contribution in [1.29, 1.82) is 0 Å². The zero-order valence-corrected chi connectivity index (χ0v) is 13.9. The summed E-state index contributed by atoms with van der Waals surface area (Å²) in [6.07, 6.45) is 0.601. The summed E-state index contributed by atoms with van der Waals surface area (Å²) >= 11 is 11.7. The van der Waals surface area contributed by atoms with Gasteiger partial charge in [0.15, 0.2) is 0 Å². The molecule has 1 rings (SSSR count). The molecule has 0 saturated heterocycles. The largest absolute Gasteiger partial charge is 0.381 e. The Balaban J connectivity index is 2.48.